The van der Waals surface area contributed by atoms with Crippen LogP contribution in [0.4, 0.5) is 5.82 Å². The maximum Gasteiger partial charge on any atom is 0.257 e. The van der Waals surface area contributed by atoms with Gasteiger partial charge in [0.25, 0.3) is 5.91 Å². The molecule has 2 N–H and O–H groups in total. The lowest BCUT2D eigenvalue weighted by Crippen LogP contribution is -2.48. The van der Waals surface area contributed by atoms with Crippen molar-refractivity contribution in [2.45, 2.75) is 45.7 Å². The van der Waals surface area contributed by atoms with Crippen LogP contribution in [0.25, 0.3) is 0 Å². The monoisotopic (exact) mass is 383 g/mol. The largest absolute Gasteiger partial charge is 0.355 e. The van der Waals surface area contributed by atoms with Crippen molar-refractivity contribution < 1.29 is 9.59 Å². The Balaban J connectivity index is 1.63. The van der Waals surface area contributed by atoms with Crippen LogP contribution < -0.4 is 10.6 Å². The molecule has 0 aliphatic carbocycles. The van der Waals surface area contributed by atoms with Gasteiger partial charge in [-0.1, -0.05) is 18.2 Å². The molecule has 2 amide bonds. The van der Waals surface area contributed by atoms with Crippen molar-refractivity contribution in [3.63, 3.8) is 0 Å². The number of rotatable bonds is 6. The van der Waals surface area contributed by atoms with E-state index in [4.69, 9.17) is 0 Å². The SMILES string of the molecule is CCNC(=O)C(C)N1CCC(n2nccc2NC(=O)c2ccccc2C)CC1. The third kappa shape index (κ3) is 4.42. The summed E-state index contributed by atoms with van der Waals surface area (Å²) in [6.45, 7) is 8.12. The van der Waals surface area contributed by atoms with Gasteiger partial charge in [0.2, 0.25) is 5.91 Å². The van der Waals surface area contributed by atoms with Crippen molar-refractivity contribution in [1.82, 2.24) is 20.0 Å². The summed E-state index contributed by atoms with van der Waals surface area (Å²) in [5.41, 5.74) is 1.61. The summed E-state index contributed by atoms with van der Waals surface area (Å²) in [5, 5.41) is 10.3. The van der Waals surface area contributed by atoms with Crippen LogP contribution in [0, 0.1) is 6.92 Å². The number of piperidine rings is 1. The number of likely N-dealkylation sites (tertiary alicyclic amines) is 1. The lowest BCUT2D eigenvalue weighted by atomic mass is 10.0. The predicted molar refractivity (Wildman–Crippen MR) is 109 cm³/mol. The Kier molecular flexibility index (Phi) is 6.46. The molecule has 3 rings (SSSR count). The van der Waals surface area contributed by atoms with Gasteiger partial charge in [0.05, 0.1) is 18.3 Å². The molecule has 150 valence electrons. The maximum absolute atomic E-state index is 12.6. The number of amides is 2. The van der Waals surface area contributed by atoms with E-state index in [0.717, 1.165) is 31.5 Å². The second-order valence-electron chi connectivity index (χ2n) is 7.27. The van der Waals surface area contributed by atoms with Gasteiger partial charge in [0, 0.05) is 31.3 Å². The molecule has 1 unspecified atom stereocenters. The molecule has 1 saturated heterocycles. The highest BCUT2D eigenvalue weighted by atomic mass is 16.2. The van der Waals surface area contributed by atoms with Crippen molar-refractivity contribution in [3.05, 3.63) is 47.7 Å². The quantitative estimate of drug-likeness (QED) is 0.804. The Bertz CT molecular complexity index is 824. The number of carbonyl (C=O) groups is 2. The molecule has 1 aromatic heterocycles. The summed E-state index contributed by atoms with van der Waals surface area (Å²) in [5.74, 6) is 0.664. The van der Waals surface area contributed by atoms with Gasteiger partial charge in [0.1, 0.15) is 5.82 Å². The molecule has 1 aliphatic rings. The molecule has 2 aromatic rings. The maximum atomic E-state index is 12.6. The minimum atomic E-state index is -0.126. The van der Waals surface area contributed by atoms with E-state index in [9.17, 15) is 9.59 Å². The lowest BCUT2D eigenvalue weighted by Gasteiger charge is -2.35. The summed E-state index contributed by atoms with van der Waals surface area (Å²) in [6.07, 6.45) is 3.49. The fourth-order valence-electron chi connectivity index (χ4n) is 3.72. The van der Waals surface area contributed by atoms with E-state index >= 15 is 0 Å². The lowest BCUT2D eigenvalue weighted by molar-refractivity contribution is -0.126. The Hall–Kier alpha value is -2.67. The van der Waals surface area contributed by atoms with E-state index in [-0.39, 0.29) is 23.9 Å². The molecule has 7 nitrogen and oxygen atoms in total. The number of aryl methyl sites for hydroxylation is 1. The van der Waals surface area contributed by atoms with Gasteiger partial charge in [-0.25, -0.2) is 4.68 Å². The summed E-state index contributed by atoms with van der Waals surface area (Å²) >= 11 is 0. The third-order valence-corrected chi connectivity index (χ3v) is 5.42. The first kappa shape index (κ1) is 20.1. The highest BCUT2D eigenvalue weighted by Gasteiger charge is 2.28. The van der Waals surface area contributed by atoms with Gasteiger partial charge in [-0.05, 0) is 45.2 Å². The third-order valence-electron chi connectivity index (χ3n) is 5.42. The molecule has 1 atom stereocenters. The number of nitrogens with zero attached hydrogens (tertiary/aromatic N) is 3. The van der Waals surface area contributed by atoms with Crippen LogP contribution >= 0.6 is 0 Å². The van der Waals surface area contributed by atoms with Crippen molar-refractivity contribution in [3.8, 4) is 0 Å². The Labute approximate surface area is 166 Å². The number of nitrogens with one attached hydrogen (secondary N) is 2. The summed E-state index contributed by atoms with van der Waals surface area (Å²) < 4.78 is 1.91. The van der Waals surface area contributed by atoms with E-state index < -0.39 is 0 Å². The van der Waals surface area contributed by atoms with Crippen LogP contribution in [0.5, 0.6) is 0 Å². The highest BCUT2D eigenvalue weighted by Crippen LogP contribution is 2.26. The van der Waals surface area contributed by atoms with Gasteiger partial charge < -0.3 is 10.6 Å². The van der Waals surface area contributed by atoms with Gasteiger partial charge in [-0.15, -0.1) is 0 Å². The van der Waals surface area contributed by atoms with E-state index in [1.807, 2.05) is 55.8 Å². The average Bonchev–Trinajstić information content (AvgIpc) is 3.16. The summed E-state index contributed by atoms with van der Waals surface area (Å²) in [4.78, 5) is 26.9. The number of likely N-dealkylation sites (N-methyl/N-ethyl adjacent to an activating group) is 1. The molecule has 0 bridgehead atoms. The van der Waals surface area contributed by atoms with Crippen LogP contribution in [0.3, 0.4) is 0 Å². The zero-order valence-corrected chi connectivity index (χ0v) is 16.8. The Morgan fingerprint density at radius 3 is 2.61 bits per heavy atom. The van der Waals surface area contributed by atoms with Crippen LogP contribution in [-0.2, 0) is 4.79 Å². The number of hydrogen-bond acceptors (Lipinski definition) is 4. The molecule has 2 heterocycles. The van der Waals surface area contributed by atoms with E-state index in [2.05, 4.69) is 20.6 Å². The summed E-state index contributed by atoms with van der Waals surface area (Å²) in [6, 6.07) is 9.46. The second-order valence-corrected chi connectivity index (χ2v) is 7.27. The number of aromatic nitrogens is 2. The van der Waals surface area contributed by atoms with Crippen molar-refractivity contribution in [2.24, 2.45) is 0 Å². The fourth-order valence-corrected chi connectivity index (χ4v) is 3.72. The standard InChI is InChI=1S/C21H29N5O2/c1-4-22-20(27)16(3)25-13-10-17(11-14-25)26-19(9-12-23-26)24-21(28)18-8-6-5-7-15(18)2/h5-9,12,16-17H,4,10-11,13-14H2,1-3H3,(H,22,27)(H,24,28). The first-order valence-electron chi connectivity index (χ1n) is 9.93. The molecule has 7 heteroatoms. The average molecular weight is 383 g/mol. The normalized spacial score (nSPS) is 16.5. The predicted octanol–water partition coefficient (Wildman–Crippen LogP) is 2.61. The van der Waals surface area contributed by atoms with Crippen LogP contribution in [0.15, 0.2) is 36.5 Å². The van der Waals surface area contributed by atoms with Crippen molar-refractivity contribution >= 4 is 17.6 Å². The highest BCUT2D eigenvalue weighted by molar-refractivity contribution is 6.04. The zero-order valence-electron chi connectivity index (χ0n) is 16.8. The molecule has 1 aliphatic heterocycles. The number of anilines is 1. The Morgan fingerprint density at radius 2 is 1.93 bits per heavy atom. The molecule has 28 heavy (non-hydrogen) atoms. The smallest absolute Gasteiger partial charge is 0.257 e. The van der Waals surface area contributed by atoms with Crippen LogP contribution in [-0.4, -0.2) is 52.2 Å². The molecule has 0 saturated carbocycles. The number of carbonyl (C=O) groups excluding carboxylic acids is 2. The second kappa shape index (κ2) is 9.01. The van der Waals surface area contributed by atoms with E-state index in [1.54, 1.807) is 6.20 Å². The minimum absolute atomic E-state index is 0.0752. The topological polar surface area (TPSA) is 79.3 Å². The molecule has 0 radical (unpaired) electrons. The van der Waals surface area contributed by atoms with Crippen LogP contribution in [0.1, 0.15) is 48.7 Å². The minimum Gasteiger partial charge on any atom is -0.355 e. The number of benzene rings is 1. The Morgan fingerprint density at radius 1 is 1.21 bits per heavy atom. The first-order chi connectivity index (χ1) is 13.5. The summed E-state index contributed by atoms with van der Waals surface area (Å²) in [7, 11) is 0. The van der Waals surface area contributed by atoms with E-state index in [0.29, 0.717) is 17.9 Å². The molecule has 0 spiro atoms. The number of hydrogen-bond donors (Lipinski definition) is 2. The van der Waals surface area contributed by atoms with Gasteiger partial charge in [0.15, 0.2) is 0 Å². The molecular formula is C21H29N5O2. The van der Waals surface area contributed by atoms with Crippen LogP contribution in [0.2, 0.25) is 0 Å². The van der Waals surface area contributed by atoms with Crippen molar-refractivity contribution in [1.29, 1.82) is 0 Å². The molecule has 1 aromatic carbocycles. The van der Waals surface area contributed by atoms with Gasteiger partial charge in [-0.3, -0.25) is 14.5 Å². The first-order valence-corrected chi connectivity index (χ1v) is 9.93. The van der Waals surface area contributed by atoms with Gasteiger partial charge >= 0.3 is 0 Å². The van der Waals surface area contributed by atoms with Crippen molar-refractivity contribution in [2.75, 3.05) is 25.0 Å². The zero-order chi connectivity index (χ0) is 20.1. The van der Waals surface area contributed by atoms with E-state index in [1.165, 1.54) is 0 Å². The molecule has 1 fully saturated rings. The fraction of sp³-hybridized carbons (Fsp3) is 0.476. The molecular weight excluding hydrogens is 354 g/mol. The van der Waals surface area contributed by atoms with Gasteiger partial charge in [-0.2, -0.15) is 5.10 Å².